The van der Waals surface area contributed by atoms with Crippen LogP contribution in [0.2, 0.25) is 0 Å². The molecule has 21 heavy (non-hydrogen) atoms. The third-order valence-electron chi connectivity index (χ3n) is 3.80. The Bertz CT molecular complexity index is 637. The zero-order valence-corrected chi connectivity index (χ0v) is 12.7. The number of anilines is 1. The second-order valence-corrected chi connectivity index (χ2v) is 5.80. The van der Waals surface area contributed by atoms with Gasteiger partial charge < -0.3 is 4.90 Å². The summed E-state index contributed by atoms with van der Waals surface area (Å²) < 4.78 is 2.31. The lowest BCUT2D eigenvalue weighted by Gasteiger charge is -2.45. The molecular formula is C14H19N5OS. The standard InChI is InChI=1S/C14H19N5OS/c1-3-5-16-7-11-12(21)15-14(20)19-10-17(6-4-2)9-18(8-16)13(11)19/h3-4H,1-2,5-10H2,(H,15,20,21). The quantitative estimate of drug-likeness (QED) is 0.666. The van der Waals surface area contributed by atoms with E-state index in [0.717, 1.165) is 44.4 Å². The monoisotopic (exact) mass is 305 g/mol. The molecule has 7 heteroatoms. The molecule has 2 aliphatic heterocycles. The SMILES string of the molecule is C=CCN1Cc2c3n(c(=O)[nH]c2=S)CN(CC=C)CN3C1. The summed E-state index contributed by atoms with van der Waals surface area (Å²) in [6.45, 7) is 12.0. The smallest absolute Gasteiger partial charge is 0.329 e. The highest BCUT2D eigenvalue weighted by molar-refractivity contribution is 7.71. The van der Waals surface area contributed by atoms with Gasteiger partial charge in [0.2, 0.25) is 0 Å². The summed E-state index contributed by atoms with van der Waals surface area (Å²) >= 11 is 5.35. The number of hydrogen-bond acceptors (Lipinski definition) is 5. The Kier molecular flexibility index (Phi) is 3.79. The highest BCUT2D eigenvalue weighted by atomic mass is 32.1. The van der Waals surface area contributed by atoms with E-state index in [1.165, 1.54) is 0 Å². The number of nitrogens with one attached hydrogen (secondary N) is 1. The first kappa shape index (κ1) is 14.2. The van der Waals surface area contributed by atoms with Gasteiger partial charge in [-0.15, -0.1) is 13.2 Å². The largest absolute Gasteiger partial charge is 0.331 e. The van der Waals surface area contributed by atoms with Gasteiger partial charge in [-0.1, -0.05) is 24.4 Å². The predicted molar refractivity (Wildman–Crippen MR) is 85.6 cm³/mol. The Hall–Kier alpha value is -1.70. The van der Waals surface area contributed by atoms with Crippen LogP contribution in [0.15, 0.2) is 30.1 Å². The molecule has 1 aromatic heterocycles. The molecule has 0 saturated carbocycles. The number of aromatic nitrogens is 2. The maximum absolute atomic E-state index is 12.2. The minimum Gasteiger partial charge on any atom is -0.331 e. The van der Waals surface area contributed by atoms with E-state index in [4.69, 9.17) is 12.2 Å². The molecule has 1 N–H and O–H groups in total. The number of aromatic amines is 1. The highest BCUT2D eigenvalue weighted by Gasteiger charge is 2.31. The second kappa shape index (κ2) is 5.59. The third-order valence-corrected chi connectivity index (χ3v) is 4.15. The van der Waals surface area contributed by atoms with Crippen LogP contribution >= 0.6 is 12.2 Å². The van der Waals surface area contributed by atoms with Crippen LogP contribution in [-0.2, 0) is 13.2 Å². The zero-order chi connectivity index (χ0) is 15.0. The van der Waals surface area contributed by atoms with Crippen molar-refractivity contribution in [2.75, 3.05) is 31.3 Å². The van der Waals surface area contributed by atoms with Crippen molar-refractivity contribution in [1.29, 1.82) is 0 Å². The molecule has 0 radical (unpaired) electrons. The summed E-state index contributed by atoms with van der Waals surface area (Å²) in [5.41, 5.74) is 0.880. The number of nitrogens with zero attached hydrogens (tertiary/aromatic N) is 4. The molecule has 0 aliphatic carbocycles. The molecule has 0 amide bonds. The van der Waals surface area contributed by atoms with E-state index in [-0.39, 0.29) is 5.69 Å². The van der Waals surface area contributed by atoms with Gasteiger partial charge in [0.15, 0.2) is 0 Å². The fourth-order valence-electron chi connectivity index (χ4n) is 3.02. The van der Waals surface area contributed by atoms with Gasteiger partial charge in [-0.2, -0.15) is 0 Å². The fraction of sp³-hybridized carbons (Fsp3) is 0.429. The lowest BCUT2D eigenvalue weighted by Crippen LogP contribution is -2.55. The van der Waals surface area contributed by atoms with E-state index >= 15 is 0 Å². The van der Waals surface area contributed by atoms with Crippen molar-refractivity contribution in [3.8, 4) is 0 Å². The summed E-state index contributed by atoms with van der Waals surface area (Å²) in [5.74, 6) is 0.962. The van der Waals surface area contributed by atoms with Crippen LogP contribution in [0.1, 0.15) is 5.56 Å². The Morgan fingerprint density at radius 1 is 1.14 bits per heavy atom. The average Bonchev–Trinajstić information content (AvgIpc) is 2.44. The molecule has 112 valence electrons. The van der Waals surface area contributed by atoms with Crippen LogP contribution in [0.5, 0.6) is 0 Å². The van der Waals surface area contributed by atoms with Gasteiger partial charge in [-0.05, 0) is 0 Å². The molecule has 0 atom stereocenters. The highest BCUT2D eigenvalue weighted by Crippen LogP contribution is 2.29. The van der Waals surface area contributed by atoms with Crippen LogP contribution in [0.25, 0.3) is 0 Å². The van der Waals surface area contributed by atoms with Crippen LogP contribution in [0.3, 0.4) is 0 Å². The lowest BCUT2D eigenvalue weighted by molar-refractivity contribution is 0.173. The molecule has 0 unspecified atom stereocenters. The predicted octanol–water partition coefficient (Wildman–Crippen LogP) is 1.09. The van der Waals surface area contributed by atoms with Gasteiger partial charge >= 0.3 is 5.69 Å². The Morgan fingerprint density at radius 2 is 1.81 bits per heavy atom. The summed E-state index contributed by atoms with van der Waals surface area (Å²) in [6, 6.07) is 0. The number of rotatable bonds is 4. The van der Waals surface area contributed by atoms with Crippen molar-refractivity contribution < 1.29 is 0 Å². The molecule has 0 fully saturated rings. The van der Waals surface area contributed by atoms with Crippen molar-refractivity contribution in [1.82, 2.24) is 19.4 Å². The van der Waals surface area contributed by atoms with E-state index in [1.54, 1.807) is 4.57 Å². The molecule has 6 nitrogen and oxygen atoms in total. The van der Waals surface area contributed by atoms with Crippen LogP contribution in [-0.4, -0.2) is 45.8 Å². The van der Waals surface area contributed by atoms with Gasteiger partial charge in [0.1, 0.15) is 10.5 Å². The molecule has 0 spiro atoms. The van der Waals surface area contributed by atoms with E-state index < -0.39 is 0 Å². The van der Waals surface area contributed by atoms with Crippen molar-refractivity contribution in [3.05, 3.63) is 46.0 Å². The molecule has 0 bridgehead atoms. The Morgan fingerprint density at radius 3 is 2.52 bits per heavy atom. The Labute approximate surface area is 128 Å². The summed E-state index contributed by atoms with van der Waals surface area (Å²) in [6.07, 6.45) is 3.74. The maximum atomic E-state index is 12.2. The molecular weight excluding hydrogens is 286 g/mol. The summed E-state index contributed by atoms with van der Waals surface area (Å²) in [4.78, 5) is 21.6. The minimum atomic E-state index is -0.144. The van der Waals surface area contributed by atoms with Gasteiger partial charge in [-0.3, -0.25) is 19.4 Å². The van der Waals surface area contributed by atoms with E-state index in [2.05, 4.69) is 32.8 Å². The maximum Gasteiger partial charge on any atom is 0.329 e. The lowest BCUT2D eigenvalue weighted by atomic mass is 10.2. The molecule has 3 heterocycles. The molecule has 3 rings (SSSR count). The van der Waals surface area contributed by atoms with Gasteiger partial charge in [-0.25, -0.2) is 4.79 Å². The Balaban J connectivity index is 2.09. The molecule has 0 aromatic carbocycles. The van der Waals surface area contributed by atoms with E-state index in [1.807, 2.05) is 12.2 Å². The van der Waals surface area contributed by atoms with Gasteiger partial charge in [0.25, 0.3) is 0 Å². The third kappa shape index (κ3) is 2.48. The van der Waals surface area contributed by atoms with Crippen LogP contribution in [0, 0.1) is 4.64 Å². The van der Waals surface area contributed by atoms with Crippen molar-refractivity contribution >= 4 is 18.0 Å². The summed E-state index contributed by atoms with van der Waals surface area (Å²) in [5, 5.41) is 0. The first-order chi connectivity index (χ1) is 10.1. The minimum absolute atomic E-state index is 0.144. The van der Waals surface area contributed by atoms with Gasteiger partial charge in [0, 0.05) is 25.2 Å². The number of hydrogen-bond donors (Lipinski definition) is 1. The average molecular weight is 305 g/mol. The fourth-order valence-corrected chi connectivity index (χ4v) is 3.26. The zero-order valence-electron chi connectivity index (χ0n) is 11.9. The first-order valence-electron chi connectivity index (χ1n) is 6.91. The van der Waals surface area contributed by atoms with E-state index in [0.29, 0.717) is 11.3 Å². The van der Waals surface area contributed by atoms with Crippen molar-refractivity contribution in [2.24, 2.45) is 0 Å². The van der Waals surface area contributed by atoms with E-state index in [9.17, 15) is 4.79 Å². The molecule has 1 aromatic rings. The van der Waals surface area contributed by atoms with Crippen LogP contribution in [0.4, 0.5) is 5.82 Å². The topological polar surface area (TPSA) is 47.5 Å². The normalized spacial score (nSPS) is 18.4. The number of H-pyrrole nitrogens is 1. The molecule has 0 saturated heterocycles. The first-order valence-corrected chi connectivity index (χ1v) is 7.32. The van der Waals surface area contributed by atoms with Crippen LogP contribution < -0.4 is 10.6 Å². The van der Waals surface area contributed by atoms with Crippen molar-refractivity contribution in [3.63, 3.8) is 0 Å². The summed E-state index contributed by atoms with van der Waals surface area (Å²) in [7, 11) is 0. The second-order valence-electron chi connectivity index (χ2n) is 5.40. The molecule has 2 aliphatic rings. The van der Waals surface area contributed by atoms with Gasteiger partial charge in [0.05, 0.1) is 20.0 Å². The van der Waals surface area contributed by atoms with Crippen molar-refractivity contribution in [2.45, 2.75) is 13.2 Å².